The van der Waals surface area contributed by atoms with Crippen molar-refractivity contribution in [3.05, 3.63) is 59.7 Å². The quantitative estimate of drug-likeness (QED) is 0.727. The van der Waals surface area contributed by atoms with Crippen LogP contribution < -0.4 is 0 Å². The van der Waals surface area contributed by atoms with Crippen molar-refractivity contribution in [1.29, 1.82) is 5.26 Å². The molecule has 0 aliphatic rings. The van der Waals surface area contributed by atoms with Crippen LogP contribution in [0.3, 0.4) is 0 Å². The summed E-state index contributed by atoms with van der Waals surface area (Å²) < 4.78 is 0. The number of hydrogen-bond acceptors (Lipinski definition) is 1. The number of nitriles is 1. The molecule has 0 saturated carbocycles. The molecule has 1 nitrogen and oxygen atoms in total. The highest BCUT2D eigenvalue weighted by Crippen LogP contribution is 2.22. The van der Waals surface area contributed by atoms with E-state index in [1.165, 1.54) is 24.0 Å². The third-order valence-corrected chi connectivity index (χ3v) is 3.67. The van der Waals surface area contributed by atoms with Crippen molar-refractivity contribution in [2.45, 2.75) is 33.1 Å². The minimum atomic E-state index is 0.707. The number of benzene rings is 2. The summed E-state index contributed by atoms with van der Waals surface area (Å²) in [6.07, 6.45) is 3.70. The molecule has 0 saturated heterocycles. The Morgan fingerprint density at radius 1 is 0.950 bits per heavy atom. The molecule has 1 heteroatoms. The number of hydrogen-bond donors (Lipinski definition) is 0. The Bertz CT molecular complexity index is 573. The maximum absolute atomic E-state index is 8.81. The fraction of sp³-hybridized carbons (Fsp3) is 0.316. The van der Waals surface area contributed by atoms with E-state index in [4.69, 9.17) is 5.26 Å². The predicted molar refractivity (Wildman–Crippen MR) is 84.4 cm³/mol. The van der Waals surface area contributed by atoms with Gasteiger partial charge in [-0.3, -0.25) is 0 Å². The first-order chi connectivity index (χ1) is 9.72. The van der Waals surface area contributed by atoms with Crippen molar-refractivity contribution in [2.24, 2.45) is 5.92 Å². The Morgan fingerprint density at radius 2 is 1.50 bits per heavy atom. The largest absolute Gasteiger partial charge is 0.192 e. The van der Waals surface area contributed by atoms with Gasteiger partial charge in [-0.05, 0) is 41.2 Å². The molecule has 0 aromatic heterocycles. The van der Waals surface area contributed by atoms with Gasteiger partial charge in [-0.1, -0.05) is 63.1 Å². The Labute approximate surface area is 121 Å². The van der Waals surface area contributed by atoms with Gasteiger partial charge in [0, 0.05) is 0 Å². The van der Waals surface area contributed by atoms with Gasteiger partial charge in [0.15, 0.2) is 0 Å². The van der Waals surface area contributed by atoms with Crippen molar-refractivity contribution >= 4 is 0 Å². The molecule has 2 rings (SSSR count). The summed E-state index contributed by atoms with van der Waals surface area (Å²) in [5.74, 6) is 0.751. The zero-order valence-corrected chi connectivity index (χ0v) is 12.3. The standard InChI is InChI=1S/C19H21N/c1-3-4-15(2)13-16-5-9-18(10-6-16)19-11-7-17(14-20)8-12-19/h5-12,15H,3-4,13H2,1-2H3/t15-/m1/s1. The first kappa shape index (κ1) is 14.3. The van der Waals surface area contributed by atoms with Crippen LogP contribution in [0.15, 0.2) is 48.5 Å². The van der Waals surface area contributed by atoms with Crippen LogP contribution in [0, 0.1) is 17.2 Å². The van der Waals surface area contributed by atoms with Crippen LogP contribution in [0.2, 0.25) is 0 Å². The molecule has 0 aliphatic carbocycles. The van der Waals surface area contributed by atoms with Crippen LogP contribution in [0.25, 0.3) is 11.1 Å². The maximum atomic E-state index is 8.81. The third kappa shape index (κ3) is 3.71. The van der Waals surface area contributed by atoms with E-state index in [0.717, 1.165) is 17.9 Å². The zero-order valence-electron chi connectivity index (χ0n) is 12.3. The van der Waals surface area contributed by atoms with Crippen molar-refractivity contribution in [2.75, 3.05) is 0 Å². The van der Waals surface area contributed by atoms with E-state index in [1.807, 2.05) is 24.3 Å². The fourth-order valence-corrected chi connectivity index (χ4v) is 2.57. The van der Waals surface area contributed by atoms with Gasteiger partial charge in [0.2, 0.25) is 0 Å². The van der Waals surface area contributed by atoms with E-state index in [9.17, 15) is 0 Å². The summed E-state index contributed by atoms with van der Waals surface area (Å²) in [7, 11) is 0. The van der Waals surface area contributed by atoms with E-state index in [-0.39, 0.29) is 0 Å². The van der Waals surface area contributed by atoms with Gasteiger partial charge in [-0.15, -0.1) is 0 Å². The lowest BCUT2D eigenvalue weighted by Gasteiger charge is -2.10. The third-order valence-electron chi connectivity index (χ3n) is 3.67. The highest BCUT2D eigenvalue weighted by Gasteiger charge is 2.03. The molecule has 0 fully saturated rings. The predicted octanol–water partition coefficient (Wildman–Crippen LogP) is 5.20. The van der Waals surface area contributed by atoms with Crippen LogP contribution in [0.4, 0.5) is 0 Å². The first-order valence-electron chi connectivity index (χ1n) is 7.32. The molecule has 0 bridgehead atoms. The summed E-state index contributed by atoms with van der Waals surface area (Å²) in [6, 6.07) is 18.7. The highest BCUT2D eigenvalue weighted by molar-refractivity contribution is 5.64. The van der Waals surface area contributed by atoms with Crippen molar-refractivity contribution in [1.82, 2.24) is 0 Å². The van der Waals surface area contributed by atoms with E-state index in [0.29, 0.717) is 5.56 Å². The van der Waals surface area contributed by atoms with Crippen molar-refractivity contribution in [3.8, 4) is 17.2 Å². The Kier molecular flexibility index (Phi) is 4.96. The second-order valence-corrected chi connectivity index (χ2v) is 5.48. The lowest BCUT2D eigenvalue weighted by Crippen LogP contribution is -1.98. The second-order valence-electron chi connectivity index (χ2n) is 5.48. The molecular formula is C19H21N. The molecule has 0 N–H and O–H groups in total. The van der Waals surface area contributed by atoms with Gasteiger partial charge in [0.25, 0.3) is 0 Å². The summed E-state index contributed by atoms with van der Waals surface area (Å²) in [5, 5.41) is 8.81. The first-order valence-corrected chi connectivity index (χ1v) is 7.32. The van der Waals surface area contributed by atoms with Gasteiger partial charge in [-0.2, -0.15) is 5.26 Å². The van der Waals surface area contributed by atoms with Gasteiger partial charge < -0.3 is 0 Å². The van der Waals surface area contributed by atoms with Gasteiger partial charge in [0.05, 0.1) is 11.6 Å². The second kappa shape index (κ2) is 6.91. The molecule has 0 spiro atoms. The lowest BCUT2D eigenvalue weighted by atomic mass is 9.95. The molecule has 20 heavy (non-hydrogen) atoms. The molecule has 2 aromatic carbocycles. The molecule has 102 valence electrons. The summed E-state index contributed by atoms with van der Waals surface area (Å²) in [5.41, 5.74) is 4.49. The van der Waals surface area contributed by atoms with E-state index in [1.54, 1.807) is 0 Å². The summed E-state index contributed by atoms with van der Waals surface area (Å²) >= 11 is 0. The smallest absolute Gasteiger partial charge is 0.0991 e. The Balaban J connectivity index is 2.09. The molecule has 0 heterocycles. The molecule has 0 unspecified atom stereocenters. The van der Waals surface area contributed by atoms with Crippen LogP contribution in [0.5, 0.6) is 0 Å². The van der Waals surface area contributed by atoms with E-state index in [2.05, 4.69) is 44.2 Å². The van der Waals surface area contributed by atoms with Gasteiger partial charge >= 0.3 is 0 Å². The molecule has 0 amide bonds. The van der Waals surface area contributed by atoms with Crippen LogP contribution in [-0.2, 0) is 6.42 Å². The maximum Gasteiger partial charge on any atom is 0.0991 e. The normalized spacial score (nSPS) is 11.8. The Hall–Kier alpha value is -2.07. The van der Waals surface area contributed by atoms with Crippen LogP contribution in [-0.4, -0.2) is 0 Å². The fourth-order valence-electron chi connectivity index (χ4n) is 2.57. The minimum Gasteiger partial charge on any atom is -0.192 e. The molecule has 0 aliphatic heterocycles. The van der Waals surface area contributed by atoms with Crippen molar-refractivity contribution < 1.29 is 0 Å². The molecule has 2 aromatic rings. The lowest BCUT2D eigenvalue weighted by molar-refractivity contribution is 0.522. The van der Waals surface area contributed by atoms with Crippen molar-refractivity contribution in [3.63, 3.8) is 0 Å². The molecule has 1 atom stereocenters. The number of nitrogens with zero attached hydrogens (tertiary/aromatic N) is 1. The van der Waals surface area contributed by atoms with E-state index >= 15 is 0 Å². The van der Waals surface area contributed by atoms with E-state index < -0.39 is 0 Å². The monoisotopic (exact) mass is 263 g/mol. The highest BCUT2D eigenvalue weighted by atomic mass is 14.2. The Morgan fingerprint density at radius 3 is 2.00 bits per heavy atom. The molecular weight excluding hydrogens is 242 g/mol. The number of rotatable bonds is 5. The zero-order chi connectivity index (χ0) is 14.4. The SMILES string of the molecule is CCC[C@@H](C)Cc1ccc(-c2ccc(C#N)cc2)cc1. The van der Waals surface area contributed by atoms with Gasteiger partial charge in [-0.25, -0.2) is 0 Å². The van der Waals surface area contributed by atoms with Crippen LogP contribution >= 0.6 is 0 Å². The summed E-state index contributed by atoms with van der Waals surface area (Å²) in [4.78, 5) is 0. The topological polar surface area (TPSA) is 23.8 Å². The van der Waals surface area contributed by atoms with Crippen LogP contribution in [0.1, 0.15) is 37.8 Å². The van der Waals surface area contributed by atoms with Gasteiger partial charge in [0.1, 0.15) is 0 Å². The summed E-state index contributed by atoms with van der Waals surface area (Å²) in [6.45, 7) is 4.56. The average Bonchev–Trinajstić information content (AvgIpc) is 2.48. The minimum absolute atomic E-state index is 0.707. The molecule has 0 radical (unpaired) electrons. The average molecular weight is 263 g/mol.